The normalized spacial score (nSPS) is 10.7. The highest BCUT2D eigenvalue weighted by molar-refractivity contribution is 5.92. The number of para-hydroxylation sites is 1. The molecule has 0 aliphatic carbocycles. The Kier molecular flexibility index (Phi) is 2.41. The summed E-state index contributed by atoms with van der Waals surface area (Å²) in [5, 5.41) is 0.984. The first-order chi connectivity index (χ1) is 8.74. The summed E-state index contributed by atoms with van der Waals surface area (Å²) in [6.45, 7) is 1.93. The van der Waals surface area contributed by atoms with Crippen LogP contribution in [0.3, 0.4) is 0 Å². The number of aryl methyl sites for hydroxylation is 1. The molecule has 0 saturated carbocycles. The summed E-state index contributed by atoms with van der Waals surface area (Å²) in [6, 6.07) is 11.2. The minimum atomic E-state index is -0.154. The second kappa shape index (κ2) is 4.07. The van der Waals surface area contributed by atoms with Gasteiger partial charge >= 0.3 is 0 Å². The average Bonchev–Trinajstić information content (AvgIpc) is 2.37. The van der Waals surface area contributed by atoms with Gasteiger partial charge in [0.25, 0.3) is 5.56 Å². The molecule has 0 unspecified atom stereocenters. The third kappa shape index (κ3) is 1.78. The lowest BCUT2D eigenvalue weighted by Crippen LogP contribution is -2.06. The fraction of sp³-hybridized carbons (Fsp3) is 0.0714. The molecule has 4 nitrogen and oxygen atoms in total. The van der Waals surface area contributed by atoms with E-state index in [1.54, 1.807) is 0 Å². The molecule has 0 atom stereocenters. The van der Waals surface area contributed by atoms with Crippen molar-refractivity contribution >= 4 is 10.9 Å². The van der Waals surface area contributed by atoms with E-state index >= 15 is 0 Å². The van der Waals surface area contributed by atoms with E-state index in [-0.39, 0.29) is 5.56 Å². The lowest BCUT2D eigenvalue weighted by molar-refractivity contribution is 1.12. The topological polar surface area (TPSA) is 58.6 Å². The number of nitrogens with one attached hydrogen (secondary N) is 1. The van der Waals surface area contributed by atoms with Gasteiger partial charge in [-0.2, -0.15) is 0 Å². The Labute approximate surface area is 103 Å². The maximum atomic E-state index is 11.4. The van der Waals surface area contributed by atoms with Crippen LogP contribution in [-0.2, 0) is 0 Å². The summed E-state index contributed by atoms with van der Waals surface area (Å²) in [7, 11) is 0. The van der Waals surface area contributed by atoms with E-state index in [0.29, 0.717) is 5.82 Å². The molecule has 3 aromatic rings. The van der Waals surface area contributed by atoms with Gasteiger partial charge in [0.05, 0.1) is 5.52 Å². The van der Waals surface area contributed by atoms with Crippen LogP contribution in [0.1, 0.15) is 5.69 Å². The van der Waals surface area contributed by atoms with Crippen LogP contribution in [0.4, 0.5) is 0 Å². The van der Waals surface area contributed by atoms with Gasteiger partial charge in [0.2, 0.25) is 0 Å². The third-order valence-corrected chi connectivity index (χ3v) is 2.77. The zero-order valence-corrected chi connectivity index (χ0v) is 9.84. The second-order valence-corrected chi connectivity index (χ2v) is 4.11. The first-order valence-corrected chi connectivity index (χ1v) is 5.66. The largest absolute Gasteiger partial charge is 0.307 e. The molecule has 2 aromatic heterocycles. The van der Waals surface area contributed by atoms with Gasteiger partial charge in [0, 0.05) is 28.9 Å². The molecule has 0 saturated heterocycles. The molecule has 0 aliphatic heterocycles. The predicted molar refractivity (Wildman–Crippen MR) is 70.3 cm³/mol. The van der Waals surface area contributed by atoms with Crippen molar-refractivity contribution in [1.29, 1.82) is 0 Å². The summed E-state index contributed by atoms with van der Waals surface area (Å²) in [5.41, 5.74) is 2.54. The smallest absolute Gasteiger partial charge is 0.251 e. The van der Waals surface area contributed by atoms with Crippen LogP contribution < -0.4 is 5.56 Å². The number of pyridine rings is 1. The van der Waals surface area contributed by atoms with Gasteiger partial charge in [-0.15, -0.1) is 0 Å². The fourth-order valence-corrected chi connectivity index (χ4v) is 2.01. The number of aromatic amines is 1. The number of H-pyrrole nitrogens is 1. The average molecular weight is 237 g/mol. The Hall–Kier alpha value is -2.49. The third-order valence-electron chi connectivity index (χ3n) is 2.77. The second-order valence-electron chi connectivity index (χ2n) is 4.11. The highest BCUT2D eigenvalue weighted by Crippen LogP contribution is 2.24. The van der Waals surface area contributed by atoms with Crippen LogP contribution in [0, 0.1) is 6.92 Å². The molecule has 4 heteroatoms. The highest BCUT2D eigenvalue weighted by Gasteiger charge is 2.07. The Balaban J connectivity index is 2.38. The van der Waals surface area contributed by atoms with Crippen molar-refractivity contribution in [3.8, 4) is 11.4 Å². The zero-order chi connectivity index (χ0) is 12.5. The van der Waals surface area contributed by atoms with Crippen molar-refractivity contribution in [2.75, 3.05) is 0 Å². The standard InChI is InChI=1S/C14H11N3O/c1-9-8-11(14-15-7-6-13(18)17-14)10-4-2-3-5-12(10)16-9/h2-8H,1H3,(H,15,17,18). The van der Waals surface area contributed by atoms with E-state index in [1.807, 2.05) is 37.3 Å². The minimum absolute atomic E-state index is 0.154. The monoisotopic (exact) mass is 237 g/mol. The van der Waals surface area contributed by atoms with E-state index in [0.717, 1.165) is 22.2 Å². The summed E-state index contributed by atoms with van der Waals surface area (Å²) >= 11 is 0. The SMILES string of the molecule is Cc1cc(-c2nccc(=O)[nH]2)c2ccccc2n1. The lowest BCUT2D eigenvalue weighted by Gasteiger charge is -2.06. The van der Waals surface area contributed by atoms with Gasteiger partial charge in [-0.05, 0) is 19.1 Å². The molecule has 2 heterocycles. The quantitative estimate of drug-likeness (QED) is 0.706. The molecular formula is C14H11N3O. The molecule has 18 heavy (non-hydrogen) atoms. The van der Waals surface area contributed by atoms with Crippen molar-refractivity contribution in [1.82, 2.24) is 15.0 Å². The summed E-state index contributed by atoms with van der Waals surface area (Å²) in [6.07, 6.45) is 1.51. The molecule has 0 aliphatic rings. The Morgan fingerprint density at radius 3 is 2.83 bits per heavy atom. The number of fused-ring (bicyclic) bond motifs is 1. The molecule has 1 N–H and O–H groups in total. The van der Waals surface area contributed by atoms with Crippen molar-refractivity contribution in [2.45, 2.75) is 6.92 Å². The number of hydrogen-bond acceptors (Lipinski definition) is 3. The van der Waals surface area contributed by atoms with Gasteiger partial charge < -0.3 is 4.98 Å². The van der Waals surface area contributed by atoms with Crippen molar-refractivity contribution in [3.05, 3.63) is 58.6 Å². The molecule has 0 fully saturated rings. The van der Waals surface area contributed by atoms with Gasteiger partial charge in [-0.25, -0.2) is 4.98 Å². The molecule has 88 valence electrons. The highest BCUT2D eigenvalue weighted by atomic mass is 16.1. The van der Waals surface area contributed by atoms with Crippen LogP contribution >= 0.6 is 0 Å². The predicted octanol–water partition coefficient (Wildman–Crippen LogP) is 2.29. The molecule has 3 rings (SSSR count). The Bertz CT molecular complexity index is 777. The zero-order valence-electron chi connectivity index (χ0n) is 9.84. The Morgan fingerprint density at radius 2 is 2.00 bits per heavy atom. The van der Waals surface area contributed by atoms with Gasteiger partial charge in [0.1, 0.15) is 5.82 Å². The number of benzene rings is 1. The number of nitrogens with zero attached hydrogens (tertiary/aromatic N) is 2. The first-order valence-electron chi connectivity index (χ1n) is 5.66. The summed E-state index contributed by atoms with van der Waals surface area (Å²) in [4.78, 5) is 22.8. The van der Waals surface area contributed by atoms with Crippen molar-refractivity contribution in [2.24, 2.45) is 0 Å². The number of aromatic nitrogens is 3. The van der Waals surface area contributed by atoms with Crippen LogP contribution in [0.2, 0.25) is 0 Å². The summed E-state index contributed by atoms with van der Waals surface area (Å²) < 4.78 is 0. The van der Waals surface area contributed by atoms with E-state index in [1.165, 1.54) is 12.3 Å². The van der Waals surface area contributed by atoms with Crippen LogP contribution in [0.15, 0.2) is 47.4 Å². The van der Waals surface area contributed by atoms with E-state index in [9.17, 15) is 4.79 Å². The van der Waals surface area contributed by atoms with Crippen LogP contribution in [0.25, 0.3) is 22.3 Å². The molecular weight excluding hydrogens is 226 g/mol. The molecule has 1 aromatic carbocycles. The van der Waals surface area contributed by atoms with E-state index in [4.69, 9.17) is 0 Å². The minimum Gasteiger partial charge on any atom is -0.307 e. The maximum absolute atomic E-state index is 11.4. The summed E-state index contributed by atoms with van der Waals surface area (Å²) in [5.74, 6) is 0.573. The number of rotatable bonds is 1. The first kappa shape index (κ1) is 10.7. The lowest BCUT2D eigenvalue weighted by atomic mass is 10.1. The Morgan fingerprint density at radius 1 is 1.17 bits per heavy atom. The van der Waals surface area contributed by atoms with Gasteiger partial charge in [-0.3, -0.25) is 9.78 Å². The molecule has 0 radical (unpaired) electrons. The van der Waals surface area contributed by atoms with Gasteiger partial charge in [0.15, 0.2) is 0 Å². The van der Waals surface area contributed by atoms with E-state index in [2.05, 4.69) is 15.0 Å². The van der Waals surface area contributed by atoms with Crippen molar-refractivity contribution < 1.29 is 0 Å². The number of hydrogen-bond donors (Lipinski definition) is 1. The molecule has 0 bridgehead atoms. The maximum Gasteiger partial charge on any atom is 0.251 e. The van der Waals surface area contributed by atoms with Gasteiger partial charge in [-0.1, -0.05) is 18.2 Å². The van der Waals surface area contributed by atoms with Crippen molar-refractivity contribution in [3.63, 3.8) is 0 Å². The molecule has 0 spiro atoms. The molecule has 0 amide bonds. The van der Waals surface area contributed by atoms with E-state index < -0.39 is 0 Å². The van der Waals surface area contributed by atoms with Crippen LogP contribution in [-0.4, -0.2) is 15.0 Å². The van der Waals surface area contributed by atoms with Crippen LogP contribution in [0.5, 0.6) is 0 Å². The fourth-order valence-electron chi connectivity index (χ4n) is 2.01.